The van der Waals surface area contributed by atoms with Gasteiger partial charge in [0.15, 0.2) is 0 Å². The van der Waals surface area contributed by atoms with Crippen molar-refractivity contribution in [1.29, 1.82) is 0 Å². The maximum atomic E-state index is 5.40. The highest BCUT2D eigenvalue weighted by atomic mass is 79.9. The van der Waals surface area contributed by atoms with E-state index in [0.717, 1.165) is 17.0 Å². The number of halogens is 1. The van der Waals surface area contributed by atoms with Gasteiger partial charge in [0.25, 0.3) is 0 Å². The molecule has 0 aliphatic heterocycles. The Morgan fingerprint density at radius 1 is 1.58 bits per heavy atom. The molecule has 1 nitrogen and oxygen atoms in total. The molecule has 12 heavy (non-hydrogen) atoms. The number of hydrogen-bond acceptors (Lipinski definition) is 1. The molecule has 2 rings (SSSR count). The Labute approximate surface area is 81.3 Å². The van der Waals surface area contributed by atoms with E-state index in [0.29, 0.717) is 11.3 Å². The zero-order valence-electron chi connectivity index (χ0n) is 7.38. The Kier molecular flexibility index (Phi) is 1.83. The van der Waals surface area contributed by atoms with E-state index in [1.54, 1.807) is 6.26 Å². The highest BCUT2D eigenvalue weighted by molar-refractivity contribution is 9.09. The Morgan fingerprint density at radius 3 is 2.75 bits per heavy atom. The zero-order chi connectivity index (χ0) is 8.77. The van der Waals surface area contributed by atoms with Gasteiger partial charge in [-0.2, -0.15) is 0 Å². The van der Waals surface area contributed by atoms with Crippen molar-refractivity contribution in [3.63, 3.8) is 0 Å². The summed E-state index contributed by atoms with van der Waals surface area (Å²) in [5, 5.41) is 1.07. The highest BCUT2D eigenvalue weighted by Crippen LogP contribution is 2.64. The maximum absolute atomic E-state index is 5.40. The van der Waals surface area contributed by atoms with Crippen LogP contribution in [0.2, 0.25) is 0 Å². The van der Waals surface area contributed by atoms with Gasteiger partial charge in [-0.05, 0) is 23.5 Å². The first-order valence-electron chi connectivity index (χ1n) is 4.27. The third kappa shape index (κ3) is 1.05. The second-order valence-electron chi connectivity index (χ2n) is 4.08. The molecule has 0 N–H and O–H groups in total. The molecule has 1 aromatic heterocycles. The van der Waals surface area contributed by atoms with E-state index in [1.165, 1.54) is 0 Å². The fourth-order valence-electron chi connectivity index (χ4n) is 2.07. The van der Waals surface area contributed by atoms with Crippen LogP contribution in [-0.4, -0.2) is 5.33 Å². The third-order valence-corrected chi connectivity index (χ3v) is 3.76. The summed E-state index contributed by atoms with van der Waals surface area (Å²) in [4.78, 5) is 0. The smallest absolute Gasteiger partial charge is 0.107 e. The fourth-order valence-corrected chi connectivity index (χ4v) is 3.27. The normalized spacial score (nSPS) is 31.9. The number of rotatable bonds is 2. The molecule has 0 spiro atoms. The van der Waals surface area contributed by atoms with E-state index in [1.807, 2.05) is 6.07 Å². The van der Waals surface area contributed by atoms with Gasteiger partial charge in [0, 0.05) is 11.2 Å². The van der Waals surface area contributed by atoms with Crippen LogP contribution in [0.4, 0.5) is 0 Å². The van der Waals surface area contributed by atoms with Crippen LogP contribution in [0.1, 0.15) is 25.5 Å². The van der Waals surface area contributed by atoms with Gasteiger partial charge in [0.05, 0.1) is 6.26 Å². The van der Waals surface area contributed by atoms with Gasteiger partial charge >= 0.3 is 0 Å². The lowest BCUT2D eigenvalue weighted by molar-refractivity contribution is 0.482. The van der Waals surface area contributed by atoms with E-state index < -0.39 is 0 Å². The predicted molar refractivity (Wildman–Crippen MR) is 52.5 cm³/mol. The second kappa shape index (κ2) is 2.63. The lowest BCUT2D eigenvalue weighted by Gasteiger charge is -1.98. The van der Waals surface area contributed by atoms with E-state index in [9.17, 15) is 0 Å². The molecule has 0 aromatic carbocycles. The minimum Gasteiger partial charge on any atom is -0.469 e. The molecule has 1 aliphatic carbocycles. The van der Waals surface area contributed by atoms with Gasteiger partial charge < -0.3 is 4.42 Å². The Morgan fingerprint density at radius 2 is 2.33 bits per heavy atom. The van der Waals surface area contributed by atoms with Crippen molar-refractivity contribution in [3.05, 3.63) is 24.2 Å². The van der Waals surface area contributed by atoms with Crippen LogP contribution in [0, 0.1) is 11.3 Å². The molecule has 0 bridgehead atoms. The van der Waals surface area contributed by atoms with Crippen LogP contribution < -0.4 is 0 Å². The summed E-state index contributed by atoms with van der Waals surface area (Å²) in [7, 11) is 0. The Bertz CT molecular complexity index is 263. The molecule has 0 saturated heterocycles. The van der Waals surface area contributed by atoms with Crippen molar-refractivity contribution < 1.29 is 4.42 Å². The molecule has 0 amide bonds. The average Bonchev–Trinajstić information content (AvgIpc) is 2.50. The summed E-state index contributed by atoms with van der Waals surface area (Å²) in [5.74, 6) is 2.50. The van der Waals surface area contributed by atoms with Crippen molar-refractivity contribution in [1.82, 2.24) is 0 Å². The molecule has 66 valence electrons. The predicted octanol–water partition coefficient (Wildman–Crippen LogP) is 3.41. The zero-order valence-corrected chi connectivity index (χ0v) is 8.97. The first-order valence-corrected chi connectivity index (χ1v) is 5.39. The lowest BCUT2D eigenvalue weighted by atomic mass is 10.1. The summed E-state index contributed by atoms with van der Waals surface area (Å²) in [5.41, 5.74) is 0.418. The lowest BCUT2D eigenvalue weighted by Crippen LogP contribution is -1.90. The van der Waals surface area contributed by atoms with Crippen molar-refractivity contribution in [2.45, 2.75) is 19.8 Å². The SMILES string of the molecule is CC1(C)C(CBr)C1c1ccco1. The van der Waals surface area contributed by atoms with E-state index in [-0.39, 0.29) is 0 Å². The van der Waals surface area contributed by atoms with Crippen LogP contribution in [0.3, 0.4) is 0 Å². The molecule has 1 saturated carbocycles. The molecule has 2 heteroatoms. The monoisotopic (exact) mass is 228 g/mol. The average molecular weight is 229 g/mol. The number of hydrogen-bond donors (Lipinski definition) is 0. The van der Waals surface area contributed by atoms with Crippen molar-refractivity contribution in [2.24, 2.45) is 11.3 Å². The fraction of sp³-hybridized carbons (Fsp3) is 0.600. The van der Waals surface area contributed by atoms with Crippen LogP contribution in [-0.2, 0) is 0 Å². The Balaban J connectivity index is 2.19. The van der Waals surface area contributed by atoms with Crippen LogP contribution in [0.5, 0.6) is 0 Å². The second-order valence-corrected chi connectivity index (χ2v) is 4.72. The van der Waals surface area contributed by atoms with Crippen LogP contribution in [0.15, 0.2) is 22.8 Å². The van der Waals surface area contributed by atoms with Gasteiger partial charge in [-0.25, -0.2) is 0 Å². The summed E-state index contributed by atoms with van der Waals surface area (Å²) in [6.45, 7) is 4.60. The number of furan rings is 1. The largest absolute Gasteiger partial charge is 0.469 e. The molecule has 2 unspecified atom stereocenters. The topological polar surface area (TPSA) is 13.1 Å². The Hall–Kier alpha value is -0.240. The maximum Gasteiger partial charge on any atom is 0.107 e. The quantitative estimate of drug-likeness (QED) is 0.708. The molecule has 2 atom stereocenters. The highest BCUT2D eigenvalue weighted by Gasteiger charge is 2.58. The molecular weight excluding hydrogens is 216 g/mol. The van der Waals surface area contributed by atoms with Crippen molar-refractivity contribution in [2.75, 3.05) is 5.33 Å². The summed E-state index contributed by atoms with van der Waals surface area (Å²) < 4.78 is 5.40. The molecule has 0 radical (unpaired) electrons. The van der Waals surface area contributed by atoms with Crippen molar-refractivity contribution >= 4 is 15.9 Å². The first-order chi connectivity index (χ1) is 5.68. The summed E-state index contributed by atoms with van der Waals surface area (Å²) in [6, 6.07) is 4.05. The standard InChI is InChI=1S/C10H13BrO/c1-10(2)7(6-11)9(10)8-4-3-5-12-8/h3-5,7,9H,6H2,1-2H3. The number of alkyl halides is 1. The third-order valence-electron chi connectivity index (χ3n) is 3.07. The van der Waals surface area contributed by atoms with Gasteiger partial charge in [-0.3, -0.25) is 0 Å². The first kappa shape index (κ1) is 8.36. The summed E-state index contributed by atoms with van der Waals surface area (Å²) >= 11 is 3.54. The molecular formula is C10H13BrO. The molecule has 1 aliphatic rings. The molecule has 1 heterocycles. The van der Waals surface area contributed by atoms with Gasteiger partial charge in [-0.15, -0.1) is 0 Å². The van der Waals surface area contributed by atoms with Crippen LogP contribution in [0.25, 0.3) is 0 Å². The summed E-state index contributed by atoms with van der Waals surface area (Å²) in [6.07, 6.45) is 1.76. The minimum atomic E-state index is 0.418. The van der Waals surface area contributed by atoms with Gasteiger partial charge in [0.2, 0.25) is 0 Å². The van der Waals surface area contributed by atoms with E-state index in [4.69, 9.17) is 4.42 Å². The van der Waals surface area contributed by atoms with Gasteiger partial charge in [0.1, 0.15) is 5.76 Å². The molecule has 1 fully saturated rings. The van der Waals surface area contributed by atoms with Gasteiger partial charge in [-0.1, -0.05) is 29.8 Å². The van der Waals surface area contributed by atoms with E-state index >= 15 is 0 Å². The van der Waals surface area contributed by atoms with Crippen LogP contribution >= 0.6 is 15.9 Å². The van der Waals surface area contributed by atoms with E-state index in [2.05, 4.69) is 35.8 Å². The molecule has 1 aromatic rings. The van der Waals surface area contributed by atoms with Crippen molar-refractivity contribution in [3.8, 4) is 0 Å². The minimum absolute atomic E-state index is 0.418.